The number of nitriles is 1. The summed E-state index contributed by atoms with van der Waals surface area (Å²) in [6.45, 7) is 1.97. The monoisotopic (exact) mass is 207 g/mol. The lowest BCUT2D eigenvalue weighted by Crippen LogP contribution is -2.51. The lowest BCUT2D eigenvalue weighted by molar-refractivity contribution is 0.472. The van der Waals surface area contributed by atoms with Crippen LogP contribution in [0.5, 0.6) is 0 Å². The summed E-state index contributed by atoms with van der Waals surface area (Å²) in [7, 11) is 0. The molecule has 0 spiro atoms. The molecule has 0 bridgehead atoms. The van der Waals surface area contributed by atoms with Crippen molar-refractivity contribution in [2.75, 3.05) is 18.4 Å². The number of hydrogen-bond donors (Lipinski definition) is 2. The normalized spacial score (nSPS) is 15.7. The van der Waals surface area contributed by atoms with Crippen molar-refractivity contribution >= 4 is 17.3 Å². The van der Waals surface area contributed by atoms with Crippen molar-refractivity contribution in [2.45, 2.75) is 6.04 Å². The number of nitrogens with one attached hydrogen (secondary N) is 2. The summed E-state index contributed by atoms with van der Waals surface area (Å²) in [5.41, 5.74) is 1.49. The molecule has 0 unspecified atom stereocenters. The Labute approximate surface area is 87.7 Å². The number of benzene rings is 1. The fraction of sp³-hybridized carbons (Fsp3) is 0.300. The van der Waals surface area contributed by atoms with Crippen molar-refractivity contribution in [3.05, 3.63) is 28.8 Å². The molecule has 0 atom stereocenters. The molecule has 2 N–H and O–H groups in total. The van der Waals surface area contributed by atoms with E-state index in [4.69, 9.17) is 16.9 Å². The topological polar surface area (TPSA) is 47.9 Å². The summed E-state index contributed by atoms with van der Waals surface area (Å²) in [5.74, 6) is 0. The van der Waals surface area contributed by atoms with Crippen LogP contribution in [0.3, 0.4) is 0 Å². The molecule has 1 aliphatic heterocycles. The van der Waals surface area contributed by atoms with Crippen molar-refractivity contribution in [1.29, 1.82) is 5.26 Å². The Morgan fingerprint density at radius 1 is 1.50 bits per heavy atom. The van der Waals surface area contributed by atoms with Gasteiger partial charge in [0.25, 0.3) is 0 Å². The SMILES string of the molecule is N#Cc1ccc(NC2CNC2)cc1Cl. The van der Waals surface area contributed by atoms with Gasteiger partial charge in [0.15, 0.2) is 0 Å². The molecule has 0 saturated carbocycles. The molecule has 72 valence electrons. The molecule has 14 heavy (non-hydrogen) atoms. The van der Waals surface area contributed by atoms with Gasteiger partial charge in [0.2, 0.25) is 0 Å². The highest BCUT2D eigenvalue weighted by atomic mass is 35.5. The van der Waals surface area contributed by atoms with E-state index in [1.54, 1.807) is 12.1 Å². The molecule has 4 heteroatoms. The van der Waals surface area contributed by atoms with Crippen LogP contribution in [0.4, 0.5) is 5.69 Å². The van der Waals surface area contributed by atoms with E-state index in [1.165, 1.54) is 0 Å². The summed E-state index contributed by atoms with van der Waals surface area (Å²) >= 11 is 5.90. The van der Waals surface area contributed by atoms with Gasteiger partial charge < -0.3 is 10.6 Å². The second-order valence-corrected chi connectivity index (χ2v) is 3.71. The maximum atomic E-state index is 8.68. The minimum Gasteiger partial charge on any atom is -0.380 e. The van der Waals surface area contributed by atoms with Crippen LogP contribution in [0.1, 0.15) is 5.56 Å². The fourth-order valence-corrected chi connectivity index (χ4v) is 1.54. The third-order valence-corrected chi connectivity index (χ3v) is 2.55. The number of hydrogen-bond acceptors (Lipinski definition) is 3. The van der Waals surface area contributed by atoms with E-state index >= 15 is 0 Å². The Morgan fingerprint density at radius 3 is 2.79 bits per heavy atom. The van der Waals surface area contributed by atoms with Crippen LogP contribution in [0.15, 0.2) is 18.2 Å². The maximum absolute atomic E-state index is 8.68. The van der Waals surface area contributed by atoms with Crippen molar-refractivity contribution < 1.29 is 0 Å². The van der Waals surface area contributed by atoms with Crippen LogP contribution < -0.4 is 10.6 Å². The molecule has 2 rings (SSSR count). The van der Waals surface area contributed by atoms with E-state index in [0.29, 0.717) is 16.6 Å². The molecule has 0 aromatic heterocycles. The van der Waals surface area contributed by atoms with Gasteiger partial charge in [-0.2, -0.15) is 5.26 Å². The van der Waals surface area contributed by atoms with Crippen molar-refractivity contribution in [3.63, 3.8) is 0 Å². The second kappa shape index (κ2) is 3.87. The van der Waals surface area contributed by atoms with E-state index in [-0.39, 0.29) is 0 Å². The molecule has 1 fully saturated rings. The first-order valence-electron chi connectivity index (χ1n) is 4.46. The Bertz CT molecular complexity index is 379. The average molecular weight is 208 g/mol. The van der Waals surface area contributed by atoms with E-state index in [1.807, 2.05) is 12.1 Å². The molecule has 0 amide bonds. The van der Waals surface area contributed by atoms with Crippen molar-refractivity contribution in [3.8, 4) is 6.07 Å². The van der Waals surface area contributed by atoms with Crippen molar-refractivity contribution in [2.24, 2.45) is 0 Å². The zero-order valence-electron chi connectivity index (χ0n) is 7.55. The van der Waals surface area contributed by atoms with Gasteiger partial charge in [0.05, 0.1) is 16.6 Å². The predicted molar refractivity (Wildman–Crippen MR) is 56.4 cm³/mol. The van der Waals surface area contributed by atoms with Gasteiger partial charge >= 0.3 is 0 Å². The fourth-order valence-electron chi connectivity index (χ4n) is 1.32. The molecule has 3 nitrogen and oxygen atoms in total. The zero-order chi connectivity index (χ0) is 9.97. The standard InChI is InChI=1S/C10H10ClN3/c11-10-3-8(2-1-7(10)4-12)14-9-5-13-6-9/h1-3,9,13-14H,5-6H2. The zero-order valence-corrected chi connectivity index (χ0v) is 8.30. The van der Waals surface area contributed by atoms with Gasteiger partial charge in [-0.05, 0) is 18.2 Å². The lowest BCUT2D eigenvalue weighted by Gasteiger charge is -2.29. The number of anilines is 1. The average Bonchev–Trinajstić information content (AvgIpc) is 2.12. The second-order valence-electron chi connectivity index (χ2n) is 3.31. The largest absolute Gasteiger partial charge is 0.380 e. The minimum absolute atomic E-state index is 0.485. The Balaban J connectivity index is 2.12. The summed E-state index contributed by atoms with van der Waals surface area (Å²) in [5, 5.41) is 15.7. The smallest absolute Gasteiger partial charge is 0.101 e. The first-order valence-corrected chi connectivity index (χ1v) is 4.84. The Morgan fingerprint density at radius 2 is 2.29 bits per heavy atom. The maximum Gasteiger partial charge on any atom is 0.101 e. The highest BCUT2D eigenvalue weighted by Gasteiger charge is 2.15. The van der Waals surface area contributed by atoms with Crippen LogP contribution in [0, 0.1) is 11.3 Å². The molecule has 1 heterocycles. The minimum atomic E-state index is 0.485. The van der Waals surface area contributed by atoms with E-state index in [2.05, 4.69) is 10.6 Å². The molecule has 0 aliphatic carbocycles. The highest BCUT2D eigenvalue weighted by molar-refractivity contribution is 6.32. The molecule has 1 aliphatic rings. The predicted octanol–water partition coefficient (Wildman–Crippen LogP) is 1.60. The summed E-state index contributed by atoms with van der Waals surface area (Å²) in [4.78, 5) is 0. The summed E-state index contributed by atoms with van der Waals surface area (Å²) < 4.78 is 0. The van der Waals surface area contributed by atoms with Gasteiger partial charge in [0, 0.05) is 18.8 Å². The van der Waals surface area contributed by atoms with Gasteiger partial charge in [-0.1, -0.05) is 11.6 Å². The van der Waals surface area contributed by atoms with E-state index < -0.39 is 0 Å². The van der Waals surface area contributed by atoms with Gasteiger partial charge in [-0.15, -0.1) is 0 Å². The van der Waals surface area contributed by atoms with Crippen LogP contribution in [-0.4, -0.2) is 19.1 Å². The number of halogens is 1. The van der Waals surface area contributed by atoms with Crippen LogP contribution in [0.2, 0.25) is 5.02 Å². The van der Waals surface area contributed by atoms with Crippen LogP contribution >= 0.6 is 11.6 Å². The third-order valence-electron chi connectivity index (χ3n) is 2.24. The molecule has 1 aromatic rings. The third kappa shape index (κ3) is 1.82. The Hall–Kier alpha value is -1.24. The van der Waals surface area contributed by atoms with Crippen LogP contribution in [-0.2, 0) is 0 Å². The van der Waals surface area contributed by atoms with E-state index in [0.717, 1.165) is 18.8 Å². The lowest BCUT2D eigenvalue weighted by atomic mass is 10.1. The number of rotatable bonds is 2. The Kier molecular flexibility index (Phi) is 2.58. The molecule has 1 saturated heterocycles. The highest BCUT2D eigenvalue weighted by Crippen LogP contribution is 2.21. The van der Waals surface area contributed by atoms with Crippen LogP contribution in [0.25, 0.3) is 0 Å². The molecule has 1 aromatic carbocycles. The molecule has 0 radical (unpaired) electrons. The first kappa shape index (κ1) is 9.32. The van der Waals surface area contributed by atoms with Crippen molar-refractivity contribution in [1.82, 2.24) is 5.32 Å². The number of nitrogens with zero attached hydrogens (tertiary/aromatic N) is 1. The summed E-state index contributed by atoms with van der Waals surface area (Å²) in [6.07, 6.45) is 0. The first-order chi connectivity index (χ1) is 6.79. The quantitative estimate of drug-likeness (QED) is 0.775. The van der Waals surface area contributed by atoms with E-state index in [9.17, 15) is 0 Å². The van der Waals surface area contributed by atoms with Gasteiger partial charge in [-0.25, -0.2) is 0 Å². The summed E-state index contributed by atoms with van der Waals surface area (Å²) in [6, 6.07) is 7.92. The molecular formula is C10H10ClN3. The van der Waals surface area contributed by atoms with Gasteiger partial charge in [-0.3, -0.25) is 0 Å². The molecular weight excluding hydrogens is 198 g/mol. The van der Waals surface area contributed by atoms with Gasteiger partial charge in [0.1, 0.15) is 6.07 Å².